The number of nitrogens with zero attached hydrogens (tertiary/aromatic N) is 1. The second-order valence-corrected chi connectivity index (χ2v) is 9.99. The molecule has 1 heterocycles. The second-order valence-electron chi connectivity index (χ2n) is 9.99. The van der Waals surface area contributed by atoms with E-state index in [1.165, 1.54) is 12.0 Å². The molecular formula is C29H31NO. The first-order valence-corrected chi connectivity index (χ1v) is 11.8. The van der Waals surface area contributed by atoms with Crippen molar-refractivity contribution in [2.75, 3.05) is 19.6 Å². The number of benzene rings is 3. The fourth-order valence-electron chi connectivity index (χ4n) is 6.74. The molecule has 1 saturated heterocycles. The van der Waals surface area contributed by atoms with Crippen LogP contribution in [0.5, 0.6) is 0 Å². The summed E-state index contributed by atoms with van der Waals surface area (Å²) in [5.74, 6) is 0.920. The summed E-state index contributed by atoms with van der Waals surface area (Å²) in [6.07, 6.45) is 3.01. The van der Waals surface area contributed by atoms with Crippen LogP contribution in [0, 0.1) is 12.8 Å². The van der Waals surface area contributed by atoms with Crippen molar-refractivity contribution < 1.29 is 5.11 Å². The molecule has 0 spiro atoms. The number of rotatable bonds is 4. The van der Waals surface area contributed by atoms with Crippen molar-refractivity contribution in [2.45, 2.75) is 43.6 Å². The quantitative estimate of drug-likeness (QED) is 0.608. The van der Waals surface area contributed by atoms with Crippen molar-refractivity contribution in [2.24, 2.45) is 5.92 Å². The van der Waals surface area contributed by atoms with E-state index in [9.17, 15) is 5.11 Å². The number of fused-ring (bicyclic) bond motifs is 8. The molecule has 2 heteroatoms. The van der Waals surface area contributed by atoms with Crippen LogP contribution >= 0.6 is 0 Å². The van der Waals surface area contributed by atoms with Crippen molar-refractivity contribution in [3.8, 4) is 0 Å². The van der Waals surface area contributed by atoms with Crippen molar-refractivity contribution in [3.05, 3.63) is 106 Å². The van der Waals surface area contributed by atoms with Gasteiger partial charge in [0.25, 0.3) is 0 Å². The van der Waals surface area contributed by atoms with Crippen LogP contribution in [0.25, 0.3) is 0 Å². The summed E-state index contributed by atoms with van der Waals surface area (Å²) in [7, 11) is 0. The van der Waals surface area contributed by atoms with E-state index < -0.39 is 0 Å². The van der Waals surface area contributed by atoms with Crippen molar-refractivity contribution in [3.63, 3.8) is 0 Å². The summed E-state index contributed by atoms with van der Waals surface area (Å²) >= 11 is 0. The molecule has 1 aliphatic heterocycles. The van der Waals surface area contributed by atoms with Crippen LogP contribution in [-0.4, -0.2) is 29.6 Å². The Hall–Kier alpha value is -2.42. The van der Waals surface area contributed by atoms with E-state index in [1.807, 2.05) is 0 Å². The third-order valence-electron chi connectivity index (χ3n) is 8.21. The molecule has 0 saturated carbocycles. The minimum atomic E-state index is -0.344. The number of piperidine rings is 1. The van der Waals surface area contributed by atoms with Gasteiger partial charge in [-0.1, -0.05) is 78.4 Å². The molecule has 3 aromatic carbocycles. The summed E-state index contributed by atoms with van der Waals surface area (Å²) in [6, 6.07) is 26.7. The SMILES string of the molecule is Cc1cccc([C@H](O)C2CCN(CC34CC(c5ccccc53)c3ccccc34)CC2)c1. The Morgan fingerprint density at radius 2 is 1.55 bits per heavy atom. The topological polar surface area (TPSA) is 23.5 Å². The van der Waals surface area contributed by atoms with Gasteiger partial charge in [0.15, 0.2) is 0 Å². The van der Waals surface area contributed by atoms with Crippen LogP contribution in [0.1, 0.15) is 64.7 Å². The molecule has 3 aliphatic rings. The van der Waals surface area contributed by atoms with Gasteiger partial charge in [-0.3, -0.25) is 0 Å². The number of likely N-dealkylation sites (tertiary alicyclic amines) is 1. The van der Waals surface area contributed by atoms with Crippen LogP contribution in [-0.2, 0) is 5.41 Å². The Bertz CT molecular complexity index is 1060. The van der Waals surface area contributed by atoms with Gasteiger partial charge in [-0.15, -0.1) is 0 Å². The zero-order valence-corrected chi connectivity index (χ0v) is 18.3. The molecule has 1 N–H and O–H groups in total. The van der Waals surface area contributed by atoms with E-state index in [0.29, 0.717) is 11.8 Å². The lowest BCUT2D eigenvalue weighted by molar-refractivity contribution is 0.0540. The predicted molar refractivity (Wildman–Crippen MR) is 125 cm³/mol. The van der Waals surface area contributed by atoms with Gasteiger partial charge < -0.3 is 10.0 Å². The maximum atomic E-state index is 11.0. The van der Waals surface area contributed by atoms with Crippen LogP contribution in [0.3, 0.4) is 0 Å². The van der Waals surface area contributed by atoms with Crippen LogP contribution in [0.15, 0.2) is 72.8 Å². The molecule has 2 bridgehead atoms. The van der Waals surface area contributed by atoms with Gasteiger partial charge >= 0.3 is 0 Å². The highest BCUT2D eigenvalue weighted by Crippen LogP contribution is 2.60. The van der Waals surface area contributed by atoms with Crippen LogP contribution in [0.4, 0.5) is 0 Å². The summed E-state index contributed by atoms with van der Waals surface area (Å²) in [5.41, 5.74) is 8.65. The Balaban J connectivity index is 1.22. The molecule has 31 heavy (non-hydrogen) atoms. The van der Waals surface area contributed by atoms with Gasteiger partial charge in [-0.25, -0.2) is 0 Å². The molecule has 0 unspecified atom stereocenters. The van der Waals surface area contributed by atoms with Crippen molar-refractivity contribution >= 4 is 0 Å². The van der Waals surface area contributed by atoms with Crippen LogP contribution < -0.4 is 0 Å². The van der Waals surface area contributed by atoms with Gasteiger partial charge in [0.1, 0.15) is 0 Å². The third-order valence-corrected chi connectivity index (χ3v) is 8.21. The minimum absolute atomic E-state index is 0.139. The number of hydrogen-bond acceptors (Lipinski definition) is 2. The van der Waals surface area contributed by atoms with E-state index >= 15 is 0 Å². The fraction of sp³-hybridized carbons (Fsp3) is 0.379. The number of aryl methyl sites for hydroxylation is 1. The predicted octanol–water partition coefficient (Wildman–Crippen LogP) is 5.58. The van der Waals surface area contributed by atoms with Gasteiger partial charge in [0.05, 0.1) is 6.10 Å². The standard InChI is InChI=1S/C29H31NO/c1-20-7-6-8-22(17-20)28(31)21-13-15-30(16-14-21)19-29-18-25(23-9-2-4-11-26(23)29)24-10-3-5-12-27(24)29/h2-12,17,21,25,28,31H,13-16,18-19H2,1H3/t25?,28-,29?/m1/s1. The van der Waals surface area contributed by atoms with E-state index in [-0.39, 0.29) is 11.5 Å². The Morgan fingerprint density at radius 1 is 0.903 bits per heavy atom. The highest BCUT2D eigenvalue weighted by atomic mass is 16.3. The molecule has 158 valence electrons. The molecule has 1 atom stereocenters. The highest BCUT2D eigenvalue weighted by molar-refractivity contribution is 5.62. The summed E-state index contributed by atoms with van der Waals surface area (Å²) < 4.78 is 0. The van der Waals surface area contributed by atoms with Gasteiger partial charge in [-0.05, 0) is 73.0 Å². The van der Waals surface area contributed by atoms with Crippen molar-refractivity contribution in [1.29, 1.82) is 0 Å². The maximum absolute atomic E-state index is 11.0. The number of aliphatic hydroxyl groups is 1. The molecule has 2 nitrogen and oxygen atoms in total. The van der Waals surface area contributed by atoms with Gasteiger partial charge in [-0.2, -0.15) is 0 Å². The first-order chi connectivity index (χ1) is 15.2. The lowest BCUT2D eigenvalue weighted by Crippen LogP contribution is -2.44. The molecule has 3 aromatic rings. The molecule has 0 radical (unpaired) electrons. The molecule has 6 rings (SSSR count). The summed E-state index contributed by atoms with van der Waals surface area (Å²) in [6.45, 7) is 5.35. The monoisotopic (exact) mass is 409 g/mol. The average Bonchev–Trinajstić information content (AvgIpc) is 3.31. The summed E-state index contributed by atoms with van der Waals surface area (Å²) in [5, 5.41) is 11.0. The molecule has 0 aromatic heterocycles. The van der Waals surface area contributed by atoms with E-state index in [0.717, 1.165) is 38.0 Å². The smallest absolute Gasteiger partial charge is 0.0819 e. The van der Waals surface area contributed by atoms with Crippen molar-refractivity contribution in [1.82, 2.24) is 4.90 Å². The Kier molecular flexibility index (Phi) is 4.55. The molecule has 0 amide bonds. The largest absolute Gasteiger partial charge is 0.388 e. The average molecular weight is 410 g/mol. The lowest BCUT2D eigenvalue weighted by Gasteiger charge is -2.40. The number of aliphatic hydroxyl groups excluding tert-OH is 1. The minimum Gasteiger partial charge on any atom is -0.388 e. The molecule has 1 fully saturated rings. The zero-order chi connectivity index (χ0) is 21.0. The summed E-state index contributed by atoms with van der Waals surface area (Å²) in [4.78, 5) is 2.67. The molecule has 2 aliphatic carbocycles. The lowest BCUT2D eigenvalue weighted by atomic mass is 9.74. The van der Waals surface area contributed by atoms with Gasteiger partial charge in [0.2, 0.25) is 0 Å². The van der Waals surface area contributed by atoms with E-state index in [2.05, 4.69) is 84.6 Å². The highest BCUT2D eigenvalue weighted by Gasteiger charge is 2.53. The third kappa shape index (κ3) is 3.00. The Morgan fingerprint density at radius 3 is 2.19 bits per heavy atom. The number of hydrogen-bond donors (Lipinski definition) is 1. The Labute approximate surface area is 185 Å². The molecular weight excluding hydrogens is 378 g/mol. The second kappa shape index (κ2) is 7.32. The first-order valence-electron chi connectivity index (χ1n) is 11.8. The van der Waals surface area contributed by atoms with E-state index in [4.69, 9.17) is 0 Å². The first kappa shape index (κ1) is 19.3. The maximum Gasteiger partial charge on any atom is 0.0819 e. The normalized spacial score (nSPS) is 25.9. The fourth-order valence-corrected chi connectivity index (χ4v) is 6.74. The van der Waals surface area contributed by atoms with Crippen LogP contribution in [0.2, 0.25) is 0 Å². The zero-order valence-electron chi connectivity index (χ0n) is 18.3. The van der Waals surface area contributed by atoms with E-state index in [1.54, 1.807) is 22.3 Å². The van der Waals surface area contributed by atoms with Gasteiger partial charge in [0, 0.05) is 17.9 Å².